The summed E-state index contributed by atoms with van der Waals surface area (Å²) < 4.78 is 37.7. The van der Waals surface area contributed by atoms with Crippen molar-refractivity contribution in [3.63, 3.8) is 0 Å². The van der Waals surface area contributed by atoms with Crippen LogP contribution >= 0.6 is 0 Å². The first kappa shape index (κ1) is 12.7. The largest absolute Gasteiger partial charge is 0.416 e. The van der Waals surface area contributed by atoms with E-state index in [1.807, 2.05) is 0 Å². The van der Waals surface area contributed by atoms with Gasteiger partial charge in [-0.05, 0) is 36.8 Å². The Labute approximate surface area is 109 Å². The van der Waals surface area contributed by atoms with E-state index in [1.54, 1.807) is 0 Å². The van der Waals surface area contributed by atoms with Crippen LogP contribution in [0.25, 0.3) is 0 Å². The van der Waals surface area contributed by atoms with Crippen molar-refractivity contribution in [1.82, 2.24) is 10.3 Å². The van der Waals surface area contributed by atoms with Crippen LogP contribution < -0.4 is 10.6 Å². The normalized spacial score (nSPS) is 24.7. The Balaban J connectivity index is 1.58. The molecule has 0 amide bonds. The molecule has 0 radical (unpaired) electrons. The molecule has 2 fully saturated rings. The van der Waals surface area contributed by atoms with Gasteiger partial charge in [0.2, 0.25) is 0 Å². The average molecular weight is 271 g/mol. The maximum Gasteiger partial charge on any atom is 0.416 e. The van der Waals surface area contributed by atoms with Crippen LogP contribution in [-0.2, 0) is 6.18 Å². The van der Waals surface area contributed by atoms with Gasteiger partial charge in [0.1, 0.15) is 5.82 Å². The molecule has 2 aliphatic rings. The topological polar surface area (TPSA) is 37.0 Å². The maximum absolute atomic E-state index is 12.6. The van der Waals surface area contributed by atoms with Gasteiger partial charge in [-0.2, -0.15) is 13.2 Å². The Morgan fingerprint density at radius 3 is 2.84 bits per heavy atom. The van der Waals surface area contributed by atoms with E-state index >= 15 is 0 Å². The first-order valence-electron chi connectivity index (χ1n) is 6.47. The van der Waals surface area contributed by atoms with Crippen LogP contribution in [0.1, 0.15) is 24.8 Å². The van der Waals surface area contributed by atoms with Gasteiger partial charge >= 0.3 is 6.18 Å². The van der Waals surface area contributed by atoms with Gasteiger partial charge in [0.25, 0.3) is 0 Å². The minimum atomic E-state index is -4.32. The van der Waals surface area contributed by atoms with Crippen LogP contribution in [0.4, 0.5) is 19.0 Å². The molecule has 1 aromatic rings. The second kappa shape index (κ2) is 4.37. The van der Waals surface area contributed by atoms with E-state index in [-0.39, 0.29) is 5.82 Å². The summed E-state index contributed by atoms with van der Waals surface area (Å²) in [5.74, 6) is 0.286. The third-order valence-corrected chi connectivity index (χ3v) is 4.02. The Morgan fingerprint density at radius 2 is 2.21 bits per heavy atom. The summed E-state index contributed by atoms with van der Waals surface area (Å²) in [7, 11) is 0. The Bertz CT molecular complexity index is 468. The summed E-state index contributed by atoms with van der Waals surface area (Å²) in [6.45, 7) is 1.66. The van der Waals surface area contributed by atoms with Crippen molar-refractivity contribution < 1.29 is 13.2 Å². The van der Waals surface area contributed by atoms with Crippen LogP contribution in [-0.4, -0.2) is 24.1 Å². The van der Waals surface area contributed by atoms with Crippen molar-refractivity contribution in [3.8, 4) is 0 Å². The lowest BCUT2D eigenvalue weighted by Gasteiger charge is -2.13. The Morgan fingerprint density at radius 1 is 1.42 bits per heavy atom. The minimum Gasteiger partial charge on any atom is -0.368 e. The van der Waals surface area contributed by atoms with E-state index in [9.17, 15) is 13.2 Å². The summed E-state index contributed by atoms with van der Waals surface area (Å²) in [5, 5.41) is 6.40. The molecule has 3 nitrogen and oxygen atoms in total. The molecule has 1 saturated heterocycles. The molecule has 1 aliphatic carbocycles. The second-order valence-electron chi connectivity index (χ2n) is 5.59. The fraction of sp³-hybridized carbons (Fsp3) is 0.615. The Hall–Kier alpha value is -1.30. The quantitative estimate of drug-likeness (QED) is 0.887. The average Bonchev–Trinajstić information content (AvgIpc) is 2.98. The lowest BCUT2D eigenvalue weighted by Crippen LogP contribution is -2.29. The van der Waals surface area contributed by atoms with E-state index in [0.29, 0.717) is 18.0 Å². The van der Waals surface area contributed by atoms with Crippen LogP contribution in [0.15, 0.2) is 18.3 Å². The number of pyridine rings is 1. The van der Waals surface area contributed by atoms with Gasteiger partial charge in [-0.3, -0.25) is 0 Å². The molecule has 1 spiro atoms. The standard InChI is InChI=1S/C13H16F3N3/c14-13(15,16)9-1-4-17-11(5-9)18-7-10-6-12(2-3-12)8-19-10/h1,4-5,10,19H,2-3,6-8H2,(H,17,18)/t10-/m0/s1. The number of hydrogen-bond acceptors (Lipinski definition) is 3. The molecule has 0 bridgehead atoms. The zero-order valence-corrected chi connectivity index (χ0v) is 10.4. The first-order valence-corrected chi connectivity index (χ1v) is 6.47. The van der Waals surface area contributed by atoms with Gasteiger partial charge in [-0.15, -0.1) is 0 Å². The monoisotopic (exact) mass is 271 g/mol. The van der Waals surface area contributed by atoms with Gasteiger partial charge < -0.3 is 10.6 Å². The maximum atomic E-state index is 12.6. The molecule has 6 heteroatoms. The predicted octanol–water partition coefficient (Wildman–Crippen LogP) is 2.65. The van der Waals surface area contributed by atoms with Crippen molar-refractivity contribution in [1.29, 1.82) is 0 Å². The van der Waals surface area contributed by atoms with Gasteiger partial charge in [0.05, 0.1) is 5.56 Å². The van der Waals surface area contributed by atoms with Crippen LogP contribution in [0.2, 0.25) is 0 Å². The zero-order chi connectivity index (χ0) is 13.5. The lowest BCUT2D eigenvalue weighted by atomic mass is 10.0. The van der Waals surface area contributed by atoms with Gasteiger partial charge in [0.15, 0.2) is 0 Å². The number of aromatic nitrogens is 1. The molecular weight excluding hydrogens is 255 g/mol. The highest BCUT2D eigenvalue weighted by Crippen LogP contribution is 2.51. The number of rotatable bonds is 3. The number of alkyl halides is 3. The summed E-state index contributed by atoms with van der Waals surface area (Å²) in [5.41, 5.74) is -0.170. The number of nitrogens with one attached hydrogen (secondary N) is 2. The van der Waals surface area contributed by atoms with Crippen molar-refractivity contribution in [2.24, 2.45) is 5.41 Å². The lowest BCUT2D eigenvalue weighted by molar-refractivity contribution is -0.137. The van der Waals surface area contributed by atoms with E-state index in [4.69, 9.17) is 0 Å². The van der Waals surface area contributed by atoms with Gasteiger partial charge in [0, 0.05) is 25.3 Å². The van der Waals surface area contributed by atoms with E-state index in [2.05, 4.69) is 15.6 Å². The van der Waals surface area contributed by atoms with Gasteiger partial charge in [-0.25, -0.2) is 4.98 Å². The molecule has 1 aliphatic heterocycles. The number of hydrogen-bond donors (Lipinski definition) is 2. The van der Waals surface area contributed by atoms with Crippen molar-refractivity contribution in [3.05, 3.63) is 23.9 Å². The smallest absolute Gasteiger partial charge is 0.368 e. The highest BCUT2D eigenvalue weighted by atomic mass is 19.4. The number of nitrogens with zero attached hydrogens (tertiary/aromatic N) is 1. The highest BCUT2D eigenvalue weighted by molar-refractivity contribution is 5.38. The molecule has 19 heavy (non-hydrogen) atoms. The Kier molecular flexibility index (Phi) is 2.92. The molecule has 3 rings (SSSR count). The molecule has 0 aromatic carbocycles. The summed E-state index contributed by atoms with van der Waals surface area (Å²) in [6.07, 6.45) is 0.536. The molecule has 1 aromatic heterocycles. The fourth-order valence-corrected chi connectivity index (χ4v) is 2.66. The number of anilines is 1. The molecule has 1 atom stereocenters. The van der Waals surface area contributed by atoms with Gasteiger partial charge in [-0.1, -0.05) is 0 Å². The summed E-state index contributed by atoms with van der Waals surface area (Å²) in [4.78, 5) is 3.93. The molecule has 104 valence electrons. The fourth-order valence-electron chi connectivity index (χ4n) is 2.66. The molecule has 1 saturated carbocycles. The van der Waals surface area contributed by atoms with Crippen molar-refractivity contribution >= 4 is 5.82 Å². The minimum absolute atomic E-state index is 0.286. The molecule has 2 N–H and O–H groups in total. The summed E-state index contributed by atoms with van der Waals surface area (Å²) >= 11 is 0. The van der Waals surface area contributed by atoms with Crippen molar-refractivity contribution in [2.75, 3.05) is 18.4 Å². The molecular formula is C13H16F3N3. The van der Waals surface area contributed by atoms with E-state index in [1.165, 1.54) is 19.0 Å². The number of halogens is 3. The molecule has 0 unspecified atom stereocenters. The SMILES string of the molecule is FC(F)(F)c1ccnc(NC[C@@H]2CC3(CC3)CN2)c1. The molecule has 2 heterocycles. The highest BCUT2D eigenvalue weighted by Gasteiger charge is 2.47. The van der Waals surface area contributed by atoms with E-state index < -0.39 is 11.7 Å². The van der Waals surface area contributed by atoms with Crippen LogP contribution in [0, 0.1) is 5.41 Å². The predicted molar refractivity (Wildman–Crippen MR) is 65.8 cm³/mol. The van der Waals surface area contributed by atoms with E-state index in [0.717, 1.165) is 25.1 Å². The summed E-state index contributed by atoms with van der Waals surface area (Å²) in [6, 6.07) is 2.37. The third kappa shape index (κ3) is 2.83. The van der Waals surface area contributed by atoms with Crippen molar-refractivity contribution in [2.45, 2.75) is 31.5 Å². The zero-order valence-electron chi connectivity index (χ0n) is 10.4. The van der Waals surface area contributed by atoms with Crippen LogP contribution in [0.3, 0.4) is 0 Å². The third-order valence-electron chi connectivity index (χ3n) is 4.02. The first-order chi connectivity index (χ1) is 8.97. The van der Waals surface area contributed by atoms with Crippen LogP contribution in [0.5, 0.6) is 0 Å². The second-order valence-corrected chi connectivity index (χ2v) is 5.59.